The molecule has 0 radical (unpaired) electrons. The third kappa shape index (κ3) is 3.53. The maximum Gasteiger partial charge on any atom is 0.337 e. The van der Waals surface area contributed by atoms with Gasteiger partial charge in [-0.25, -0.2) is 4.79 Å². The van der Waals surface area contributed by atoms with Crippen LogP contribution in [0.5, 0.6) is 0 Å². The molecule has 4 N–H and O–H groups in total. The predicted molar refractivity (Wildman–Crippen MR) is 84.4 cm³/mol. The number of hydrogen-bond donors (Lipinski definition) is 3. The van der Waals surface area contributed by atoms with E-state index < -0.39 is 11.9 Å². The van der Waals surface area contributed by atoms with Crippen LogP contribution in [0.1, 0.15) is 20.7 Å². The lowest BCUT2D eigenvalue weighted by Crippen LogP contribution is -2.10. The molecular weight excluding hydrogens is 360 g/mol. The zero-order valence-electron chi connectivity index (χ0n) is 10.6. The first-order chi connectivity index (χ1) is 9.88. The molecule has 2 rings (SSSR count). The number of primary amides is 1. The maximum absolute atomic E-state index is 11.1. The van der Waals surface area contributed by atoms with Gasteiger partial charge in [0.05, 0.1) is 16.3 Å². The minimum Gasteiger partial charge on any atom is -0.478 e. The van der Waals surface area contributed by atoms with Crippen molar-refractivity contribution in [2.75, 3.05) is 5.32 Å². The Labute approximate surface area is 133 Å². The average molecular weight is 370 g/mol. The van der Waals surface area contributed by atoms with Gasteiger partial charge in [-0.1, -0.05) is 11.6 Å². The van der Waals surface area contributed by atoms with Gasteiger partial charge in [0.15, 0.2) is 0 Å². The van der Waals surface area contributed by atoms with E-state index in [1.165, 1.54) is 12.1 Å². The molecular formula is C14H10BrClN2O3. The van der Waals surface area contributed by atoms with Crippen molar-refractivity contribution in [3.63, 3.8) is 0 Å². The molecule has 0 aromatic heterocycles. The summed E-state index contributed by atoms with van der Waals surface area (Å²) < 4.78 is 0.630. The van der Waals surface area contributed by atoms with Crippen LogP contribution in [-0.2, 0) is 0 Å². The maximum atomic E-state index is 11.1. The van der Waals surface area contributed by atoms with E-state index in [2.05, 4.69) is 21.2 Å². The van der Waals surface area contributed by atoms with Crippen LogP contribution < -0.4 is 11.1 Å². The Morgan fingerprint density at radius 1 is 1.19 bits per heavy atom. The highest BCUT2D eigenvalue weighted by Crippen LogP contribution is 2.28. The molecule has 108 valence electrons. The lowest BCUT2D eigenvalue weighted by molar-refractivity contribution is 0.0697. The molecule has 0 heterocycles. The summed E-state index contributed by atoms with van der Waals surface area (Å²) in [6, 6.07) is 9.41. The van der Waals surface area contributed by atoms with E-state index in [9.17, 15) is 9.59 Å². The number of aromatic carboxylic acids is 1. The normalized spacial score (nSPS) is 10.2. The van der Waals surface area contributed by atoms with Crippen molar-refractivity contribution in [1.82, 2.24) is 0 Å². The summed E-state index contributed by atoms with van der Waals surface area (Å²) in [6.07, 6.45) is 0. The van der Waals surface area contributed by atoms with Gasteiger partial charge in [-0.2, -0.15) is 0 Å². The summed E-state index contributed by atoms with van der Waals surface area (Å²) in [5.41, 5.74) is 6.80. The second kappa shape index (κ2) is 6.15. The number of carboxylic acids is 1. The van der Waals surface area contributed by atoms with Gasteiger partial charge in [0.1, 0.15) is 0 Å². The number of carbonyl (C=O) groups excluding carboxylic acids is 1. The Morgan fingerprint density at radius 2 is 1.90 bits per heavy atom. The average Bonchev–Trinajstić information content (AvgIpc) is 2.42. The summed E-state index contributed by atoms with van der Waals surface area (Å²) >= 11 is 9.13. The minimum atomic E-state index is -1.10. The van der Waals surface area contributed by atoms with Gasteiger partial charge in [0.2, 0.25) is 5.91 Å². The lowest BCUT2D eigenvalue weighted by Gasteiger charge is -2.10. The van der Waals surface area contributed by atoms with E-state index in [-0.39, 0.29) is 10.6 Å². The van der Waals surface area contributed by atoms with Crippen molar-refractivity contribution in [3.05, 3.63) is 57.0 Å². The van der Waals surface area contributed by atoms with Gasteiger partial charge in [-0.15, -0.1) is 0 Å². The second-order valence-electron chi connectivity index (χ2n) is 4.18. The molecule has 7 heteroatoms. The van der Waals surface area contributed by atoms with E-state index >= 15 is 0 Å². The van der Waals surface area contributed by atoms with E-state index in [4.69, 9.17) is 22.4 Å². The number of carbonyl (C=O) groups is 2. The molecule has 5 nitrogen and oxygen atoms in total. The van der Waals surface area contributed by atoms with E-state index in [1.54, 1.807) is 24.3 Å². The molecule has 0 aliphatic heterocycles. The van der Waals surface area contributed by atoms with Crippen molar-refractivity contribution >= 4 is 50.8 Å². The largest absolute Gasteiger partial charge is 0.478 e. The number of rotatable bonds is 4. The van der Waals surface area contributed by atoms with Crippen LogP contribution in [-0.4, -0.2) is 17.0 Å². The Bertz CT molecular complexity index is 734. The number of amides is 1. The van der Waals surface area contributed by atoms with Crippen LogP contribution in [0.2, 0.25) is 5.02 Å². The molecule has 2 aromatic carbocycles. The predicted octanol–water partition coefficient (Wildman–Crippen LogP) is 3.64. The lowest BCUT2D eigenvalue weighted by atomic mass is 10.1. The first-order valence-corrected chi connectivity index (χ1v) is 6.95. The molecule has 0 saturated carbocycles. The Kier molecular flexibility index (Phi) is 4.50. The fourth-order valence-electron chi connectivity index (χ4n) is 1.69. The summed E-state index contributed by atoms with van der Waals surface area (Å²) in [7, 11) is 0. The van der Waals surface area contributed by atoms with E-state index in [1.807, 2.05) is 0 Å². The van der Waals surface area contributed by atoms with Gasteiger partial charge in [0.25, 0.3) is 0 Å². The molecule has 0 aliphatic carbocycles. The standard InChI is InChI=1S/C14H10BrClN2O3/c15-10-5-7(13(17)19)1-4-12(10)18-8-2-3-11(16)9(6-8)14(20)21/h1-6,18H,(H2,17,19)(H,20,21). The fourth-order valence-corrected chi connectivity index (χ4v) is 2.37. The fraction of sp³-hybridized carbons (Fsp3) is 0. The summed E-state index contributed by atoms with van der Waals surface area (Å²) in [6.45, 7) is 0. The molecule has 0 atom stereocenters. The summed E-state index contributed by atoms with van der Waals surface area (Å²) in [4.78, 5) is 22.1. The molecule has 0 unspecified atom stereocenters. The number of halogens is 2. The Hall–Kier alpha value is -2.05. The molecule has 0 fully saturated rings. The minimum absolute atomic E-state index is 0.00606. The molecule has 1 amide bonds. The van der Waals surface area contributed by atoms with Crippen molar-refractivity contribution in [2.24, 2.45) is 5.73 Å². The Balaban J connectivity index is 2.32. The highest BCUT2D eigenvalue weighted by Gasteiger charge is 2.11. The first kappa shape index (κ1) is 15.3. The smallest absolute Gasteiger partial charge is 0.337 e. The number of nitrogens with two attached hydrogens (primary N) is 1. The van der Waals surface area contributed by atoms with Crippen LogP contribution in [0.4, 0.5) is 11.4 Å². The Morgan fingerprint density at radius 3 is 2.48 bits per heavy atom. The van der Waals surface area contributed by atoms with Crippen molar-refractivity contribution in [3.8, 4) is 0 Å². The topological polar surface area (TPSA) is 92.4 Å². The van der Waals surface area contributed by atoms with Crippen LogP contribution in [0, 0.1) is 0 Å². The van der Waals surface area contributed by atoms with Gasteiger partial charge in [-0.05, 0) is 52.3 Å². The number of nitrogens with one attached hydrogen (secondary N) is 1. The monoisotopic (exact) mass is 368 g/mol. The van der Waals surface area contributed by atoms with Crippen LogP contribution in [0.15, 0.2) is 40.9 Å². The van der Waals surface area contributed by atoms with Crippen molar-refractivity contribution in [2.45, 2.75) is 0 Å². The van der Waals surface area contributed by atoms with Gasteiger partial charge in [0, 0.05) is 15.7 Å². The summed E-state index contributed by atoms with van der Waals surface area (Å²) in [5, 5.41) is 12.2. The molecule has 0 bridgehead atoms. The van der Waals surface area contributed by atoms with E-state index in [0.717, 1.165) is 0 Å². The molecule has 0 spiro atoms. The van der Waals surface area contributed by atoms with E-state index in [0.29, 0.717) is 21.4 Å². The molecule has 0 aliphatic rings. The molecule has 0 saturated heterocycles. The van der Waals surface area contributed by atoms with Gasteiger partial charge in [-0.3, -0.25) is 4.79 Å². The zero-order chi connectivity index (χ0) is 15.6. The highest BCUT2D eigenvalue weighted by atomic mass is 79.9. The van der Waals surface area contributed by atoms with Crippen LogP contribution in [0.25, 0.3) is 0 Å². The van der Waals surface area contributed by atoms with Crippen LogP contribution in [0.3, 0.4) is 0 Å². The zero-order valence-corrected chi connectivity index (χ0v) is 12.9. The molecule has 21 heavy (non-hydrogen) atoms. The summed E-state index contributed by atoms with van der Waals surface area (Å²) in [5.74, 6) is -1.63. The highest BCUT2D eigenvalue weighted by molar-refractivity contribution is 9.10. The van der Waals surface area contributed by atoms with Crippen LogP contribution >= 0.6 is 27.5 Å². The SMILES string of the molecule is NC(=O)c1ccc(Nc2ccc(Cl)c(C(=O)O)c2)c(Br)c1. The quantitative estimate of drug-likeness (QED) is 0.767. The first-order valence-electron chi connectivity index (χ1n) is 5.77. The van der Waals surface area contributed by atoms with Crippen molar-refractivity contribution in [1.29, 1.82) is 0 Å². The number of benzene rings is 2. The van der Waals surface area contributed by atoms with Gasteiger partial charge >= 0.3 is 5.97 Å². The number of anilines is 2. The number of hydrogen-bond acceptors (Lipinski definition) is 3. The number of carboxylic acid groups (broad SMARTS) is 1. The molecule has 2 aromatic rings. The second-order valence-corrected chi connectivity index (χ2v) is 5.45. The third-order valence-corrected chi connectivity index (χ3v) is 3.72. The third-order valence-electron chi connectivity index (χ3n) is 2.73. The van der Waals surface area contributed by atoms with Gasteiger partial charge < -0.3 is 16.2 Å². The van der Waals surface area contributed by atoms with Crippen molar-refractivity contribution < 1.29 is 14.7 Å².